The predicted molar refractivity (Wildman–Crippen MR) is 87.4 cm³/mol. The lowest BCUT2D eigenvalue weighted by Crippen LogP contribution is -2.39. The lowest BCUT2D eigenvalue weighted by atomic mass is 9.93. The first kappa shape index (κ1) is 17.2. The van der Waals surface area contributed by atoms with Crippen LogP contribution in [0.3, 0.4) is 0 Å². The van der Waals surface area contributed by atoms with Crippen molar-refractivity contribution in [3.63, 3.8) is 0 Å². The van der Waals surface area contributed by atoms with Gasteiger partial charge in [0.25, 0.3) is 0 Å². The van der Waals surface area contributed by atoms with Crippen molar-refractivity contribution in [1.29, 1.82) is 0 Å². The minimum Gasteiger partial charge on any atom is -0.379 e. The summed E-state index contributed by atoms with van der Waals surface area (Å²) >= 11 is 0. The summed E-state index contributed by atoms with van der Waals surface area (Å²) in [5.74, 6) is 0. The zero-order chi connectivity index (χ0) is 15.2. The Labute approximate surface area is 124 Å². The Morgan fingerprint density at radius 1 is 1.20 bits per heavy atom. The Kier molecular flexibility index (Phi) is 6.70. The normalized spacial score (nSPS) is 13.5. The average Bonchev–Trinajstić information content (AvgIpc) is 2.40. The van der Waals surface area contributed by atoms with Gasteiger partial charge < -0.3 is 10.1 Å². The van der Waals surface area contributed by atoms with Gasteiger partial charge in [-0.25, -0.2) is 0 Å². The third kappa shape index (κ3) is 5.64. The van der Waals surface area contributed by atoms with E-state index >= 15 is 0 Å². The van der Waals surface area contributed by atoms with Gasteiger partial charge in [0.05, 0.1) is 5.60 Å². The first-order valence-electron chi connectivity index (χ1n) is 7.72. The van der Waals surface area contributed by atoms with Crippen LogP contribution in [0.25, 0.3) is 0 Å². The number of methoxy groups -OCH3 is 1. The van der Waals surface area contributed by atoms with Gasteiger partial charge in [-0.15, -0.1) is 0 Å². The molecule has 0 heterocycles. The van der Waals surface area contributed by atoms with Crippen molar-refractivity contribution in [2.45, 2.75) is 65.5 Å². The zero-order valence-electron chi connectivity index (χ0n) is 14.0. The van der Waals surface area contributed by atoms with Crippen molar-refractivity contribution >= 4 is 0 Å². The largest absolute Gasteiger partial charge is 0.379 e. The Bertz CT molecular complexity index is 412. The molecule has 1 unspecified atom stereocenters. The van der Waals surface area contributed by atoms with Gasteiger partial charge in [-0.3, -0.25) is 0 Å². The van der Waals surface area contributed by atoms with Crippen LogP contribution in [0.1, 0.15) is 50.3 Å². The number of aryl methyl sites for hydroxylation is 2. The fraction of sp³-hybridized carbons (Fsp3) is 0.667. The van der Waals surface area contributed by atoms with E-state index in [0.717, 1.165) is 25.8 Å². The summed E-state index contributed by atoms with van der Waals surface area (Å²) in [4.78, 5) is 0. The summed E-state index contributed by atoms with van der Waals surface area (Å²) in [5.41, 5.74) is 4.07. The summed E-state index contributed by atoms with van der Waals surface area (Å²) in [6.07, 6.45) is 3.25. The Morgan fingerprint density at radius 2 is 1.90 bits per heavy atom. The van der Waals surface area contributed by atoms with Crippen LogP contribution in [-0.2, 0) is 11.2 Å². The van der Waals surface area contributed by atoms with E-state index in [9.17, 15) is 0 Å². The van der Waals surface area contributed by atoms with Crippen LogP contribution in [-0.4, -0.2) is 25.3 Å². The van der Waals surface area contributed by atoms with Gasteiger partial charge in [-0.1, -0.05) is 25.1 Å². The average molecular weight is 277 g/mol. The number of ether oxygens (including phenoxy) is 1. The molecule has 20 heavy (non-hydrogen) atoms. The topological polar surface area (TPSA) is 21.3 Å². The van der Waals surface area contributed by atoms with Gasteiger partial charge in [-0.2, -0.15) is 0 Å². The first-order chi connectivity index (χ1) is 9.38. The lowest BCUT2D eigenvalue weighted by molar-refractivity contribution is 0.00714. The minimum atomic E-state index is -0.0782. The highest BCUT2D eigenvalue weighted by atomic mass is 16.5. The molecule has 0 aliphatic rings. The molecule has 0 aliphatic carbocycles. The van der Waals surface area contributed by atoms with Crippen molar-refractivity contribution in [3.05, 3.63) is 34.9 Å². The van der Waals surface area contributed by atoms with E-state index in [1.54, 1.807) is 7.11 Å². The minimum absolute atomic E-state index is 0.0782. The molecule has 2 heteroatoms. The molecular formula is C18H31NO. The number of benzene rings is 1. The second-order valence-corrected chi connectivity index (χ2v) is 6.44. The van der Waals surface area contributed by atoms with Gasteiger partial charge in [-0.05, 0) is 70.2 Å². The summed E-state index contributed by atoms with van der Waals surface area (Å²) in [6, 6.07) is 7.26. The second kappa shape index (κ2) is 7.80. The van der Waals surface area contributed by atoms with Crippen LogP contribution in [0, 0.1) is 13.8 Å². The third-order valence-electron chi connectivity index (χ3n) is 4.03. The van der Waals surface area contributed by atoms with Crippen LogP contribution >= 0.6 is 0 Å². The van der Waals surface area contributed by atoms with Crippen molar-refractivity contribution in [3.8, 4) is 0 Å². The standard InChI is InChI=1S/C18H31NO/c1-7-10-19-17(13-18(4,5)20-6)12-16-9-8-14(2)15(3)11-16/h8-9,11,17,19H,7,10,12-13H2,1-6H3. The predicted octanol–water partition coefficient (Wildman–Crippen LogP) is 4.03. The highest BCUT2D eigenvalue weighted by molar-refractivity contribution is 5.30. The highest BCUT2D eigenvalue weighted by Crippen LogP contribution is 2.19. The van der Waals surface area contributed by atoms with Gasteiger partial charge in [0.1, 0.15) is 0 Å². The smallest absolute Gasteiger partial charge is 0.0637 e. The van der Waals surface area contributed by atoms with E-state index in [1.165, 1.54) is 16.7 Å². The number of hydrogen-bond donors (Lipinski definition) is 1. The summed E-state index contributed by atoms with van der Waals surface area (Å²) < 4.78 is 5.59. The number of rotatable bonds is 8. The molecular weight excluding hydrogens is 246 g/mol. The second-order valence-electron chi connectivity index (χ2n) is 6.44. The molecule has 1 N–H and O–H groups in total. The van der Waals surface area contributed by atoms with Gasteiger partial charge >= 0.3 is 0 Å². The molecule has 0 amide bonds. The van der Waals surface area contributed by atoms with Gasteiger partial charge in [0.15, 0.2) is 0 Å². The SMILES string of the molecule is CCCNC(Cc1ccc(C)c(C)c1)CC(C)(C)OC. The van der Waals surface area contributed by atoms with E-state index in [4.69, 9.17) is 4.74 Å². The molecule has 114 valence electrons. The molecule has 1 rings (SSSR count). The fourth-order valence-electron chi connectivity index (χ4n) is 2.46. The lowest BCUT2D eigenvalue weighted by Gasteiger charge is -2.29. The molecule has 0 spiro atoms. The van der Waals surface area contributed by atoms with E-state index in [-0.39, 0.29) is 5.60 Å². The van der Waals surface area contributed by atoms with E-state index in [1.807, 2.05) is 0 Å². The number of hydrogen-bond acceptors (Lipinski definition) is 2. The van der Waals surface area contributed by atoms with Crippen LogP contribution in [0.15, 0.2) is 18.2 Å². The molecule has 0 radical (unpaired) electrons. The Hall–Kier alpha value is -0.860. The van der Waals surface area contributed by atoms with Gasteiger partial charge in [0, 0.05) is 13.2 Å². The molecule has 1 aromatic rings. The van der Waals surface area contributed by atoms with Crippen LogP contribution in [0.5, 0.6) is 0 Å². The van der Waals surface area contributed by atoms with Crippen molar-refractivity contribution in [2.75, 3.05) is 13.7 Å². The monoisotopic (exact) mass is 277 g/mol. The Balaban J connectivity index is 2.75. The van der Waals surface area contributed by atoms with E-state index < -0.39 is 0 Å². The molecule has 1 aromatic carbocycles. The zero-order valence-corrected chi connectivity index (χ0v) is 14.0. The van der Waals surface area contributed by atoms with Gasteiger partial charge in [0.2, 0.25) is 0 Å². The molecule has 0 aromatic heterocycles. The first-order valence-corrected chi connectivity index (χ1v) is 7.72. The summed E-state index contributed by atoms with van der Waals surface area (Å²) in [6.45, 7) is 11.9. The molecule has 0 saturated carbocycles. The molecule has 0 saturated heterocycles. The molecule has 0 aliphatic heterocycles. The third-order valence-corrected chi connectivity index (χ3v) is 4.03. The van der Waals surface area contributed by atoms with E-state index in [2.05, 4.69) is 58.1 Å². The van der Waals surface area contributed by atoms with E-state index in [0.29, 0.717) is 6.04 Å². The van der Waals surface area contributed by atoms with Crippen molar-refractivity contribution in [1.82, 2.24) is 5.32 Å². The maximum Gasteiger partial charge on any atom is 0.0637 e. The van der Waals surface area contributed by atoms with Crippen LogP contribution in [0.4, 0.5) is 0 Å². The van der Waals surface area contributed by atoms with Crippen molar-refractivity contribution in [2.24, 2.45) is 0 Å². The molecule has 2 nitrogen and oxygen atoms in total. The molecule has 0 bridgehead atoms. The molecule has 1 atom stereocenters. The van der Waals surface area contributed by atoms with Crippen LogP contribution in [0.2, 0.25) is 0 Å². The quantitative estimate of drug-likeness (QED) is 0.774. The van der Waals surface area contributed by atoms with Crippen molar-refractivity contribution < 1.29 is 4.74 Å². The maximum absolute atomic E-state index is 5.59. The maximum atomic E-state index is 5.59. The fourth-order valence-corrected chi connectivity index (χ4v) is 2.46. The highest BCUT2D eigenvalue weighted by Gasteiger charge is 2.22. The van der Waals surface area contributed by atoms with Crippen LogP contribution < -0.4 is 5.32 Å². The Morgan fingerprint density at radius 3 is 2.45 bits per heavy atom. The number of nitrogens with one attached hydrogen (secondary N) is 1. The summed E-state index contributed by atoms with van der Waals surface area (Å²) in [5, 5.41) is 3.66. The summed E-state index contributed by atoms with van der Waals surface area (Å²) in [7, 11) is 1.80. The molecule has 0 fully saturated rings.